The van der Waals surface area contributed by atoms with Gasteiger partial charge in [-0.15, -0.1) is 0 Å². The smallest absolute Gasteiger partial charge is 0.409 e. The van der Waals surface area contributed by atoms with E-state index in [4.69, 9.17) is 5.11 Å². The normalized spacial score (nSPS) is 9.31. The molecule has 0 aromatic heterocycles. The van der Waals surface area contributed by atoms with Gasteiger partial charge >= 0.3 is 6.09 Å². The number of nitrogens with one attached hydrogen (secondary N) is 1. The van der Waals surface area contributed by atoms with Crippen molar-refractivity contribution in [2.75, 3.05) is 6.79 Å². The zero-order valence-electron chi connectivity index (χ0n) is 7.06. The topological polar surface area (TPSA) is 58.6 Å². The molecule has 0 aliphatic rings. The fraction of sp³-hybridized carbons (Fsp3) is 0.222. The first-order valence-corrected chi connectivity index (χ1v) is 3.88. The Labute approximate surface area is 76.1 Å². The number of alkyl carbamates (subject to hydrolysis) is 1. The summed E-state index contributed by atoms with van der Waals surface area (Å²) < 4.78 is 4.27. The second-order valence-corrected chi connectivity index (χ2v) is 2.40. The third-order valence-corrected chi connectivity index (χ3v) is 1.48. The molecule has 0 bridgehead atoms. The number of benzene rings is 1. The minimum atomic E-state index is -0.619. The molecule has 0 saturated carbocycles. The van der Waals surface area contributed by atoms with Crippen LogP contribution in [-0.2, 0) is 11.3 Å². The van der Waals surface area contributed by atoms with E-state index < -0.39 is 12.9 Å². The van der Waals surface area contributed by atoms with Crippen molar-refractivity contribution in [3.63, 3.8) is 0 Å². The van der Waals surface area contributed by atoms with E-state index >= 15 is 0 Å². The number of ether oxygens (including phenoxy) is 1. The Bertz CT molecular complexity index is 261. The Morgan fingerprint density at radius 2 is 2.08 bits per heavy atom. The minimum Gasteiger partial charge on any atom is -0.423 e. The van der Waals surface area contributed by atoms with Crippen LogP contribution in [0.3, 0.4) is 0 Å². The number of aliphatic hydroxyl groups excluding tert-OH is 1. The molecule has 1 aromatic rings. The van der Waals surface area contributed by atoms with E-state index in [1.165, 1.54) is 0 Å². The van der Waals surface area contributed by atoms with Crippen molar-refractivity contribution in [1.29, 1.82) is 0 Å². The maximum atomic E-state index is 10.7. The van der Waals surface area contributed by atoms with Crippen molar-refractivity contribution in [2.24, 2.45) is 0 Å². The van der Waals surface area contributed by atoms with Gasteiger partial charge in [0.15, 0.2) is 6.79 Å². The Hall–Kier alpha value is -1.55. The van der Waals surface area contributed by atoms with Gasteiger partial charge in [0.2, 0.25) is 0 Å². The predicted octanol–water partition coefficient (Wildman–Crippen LogP) is 0.863. The lowest BCUT2D eigenvalue weighted by atomic mass is 10.2. The van der Waals surface area contributed by atoms with Gasteiger partial charge in [-0.25, -0.2) is 4.79 Å². The molecule has 1 amide bonds. The summed E-state index contributed by atoms with van der Waals surface area (Å²) in [6.07, 6.45) is -0.619. The lowest BCUT2D eigenvalue weighted by Gasteiger charge is -2.03. The SMILES string of the molecule is O=C(NCc1ccccc1)OCO. The zero-order chi connectivity index (χ0) is 9.52. The summed E-state index contributed by atoms with van der Waals surface area (Å²) in [6.45, 7) is -0.194. The van der Waals surface area contributed by atoms with E-state index in [-0.39, 0.29) is 0 Å². The maximum absolute atomic E-state index is 10.7. The highest BCUT2D eigenvalue weighted by Crippen LogP contribution is 1.96. The molecule has 1 aromatic carbocycles. The van der Waals surface area contributed by atoms with Crippen molar-refractivity contribution in [3.05, 3.63) is 35.9 Å². The third-order valence-electron chi connectivity index (χ3n) is 1.48. The van der Waals surface area contributed by atoms with Crippen LogP contribution in [0.5, 0.6) is 0 Å². The summed E-state index contributed by atoms with van der Waals surface area (Å²) in [5, 5.41) is 10.7. The Balaban J connectivity index is 2.31. The van der Waals surface area contributed by atoms with Crippen LogP contribution in [0.15, 0.2) is 30.3 Å². The number of carbonyl (C=O) groups excluding carboxylic acids is 1. The summed E-state index contributed by atoms with van der Waals surface area (Å²) in [5.74, 6) is 0. The van der Waals surface area contributed by atoms with Gasteiger partial charge in [-0.05, 0) is 5.56 Å². The molecule has 0 unspecified atom stereocenters. The van der Waals surface area contributed by atoms with Gasteiger partial charge < -0.3 is 15.2 Å². The van der Waals surface area contributed by atoms with E-state index in [0.29, 0.717) is 6.54 Å². The molecule has 0 radical (unpaired) electrons. The number of carbonyl (C=O) groups is 1. The van der Waals surface area contributed by atoms with Crippen molar-refractivity contribution in [2.45, 2.75) is 6.54 Å². The van der Waals surface area contributed by atoms with Crippen LogP contribution in [0.4, 0.5) is 4.79 Å². The van der Waals surface area contributed by atoms with E-state index in [9.17, 15) is 4.79 Å². The highest BCUT2D eigenvalue weighted by molar-refractivity contribution is 5.66. The van der Waals surface area contributed by atoms with Gasteiger partial charge in [-0.3, -0.25) is 0 Å². The average Bonchev–Trinajstić information content (AvgIpc) is 2.17. The van der Waals surface area contributed by atoms with Gasteiger partial charge in [-0.2, -0.15) is 0 Å². The van der Waals surface area contributed by atoms with Gasteiger partial charge in [0.1, 0.15) is 0 Å². The molecule has 1 rings (SSSR count). The molecule has 0 aliphatic heterocycles. The van der Waals surface area contributed by atoms with Gasteiger partial charge in [0.25, 0.3) is 0 Å². The summed E-state index contributed by atoms with van der Waals surface area (Å²) in [7, 11) is 0. The Morgan fingerprint density at radius 1 is 1.38 bits per heavy atom. The molecule has 0 spiro atoms. The third kappa shape index (κ3) is 3.57. The molecule has 0 atom stereocenters. The number of hydrogen-bond acceptors (Lipinski definition) is 3. The fourth-order valence-electron chi connectivity index (χ4n) is 0.880. The fourth-order valence-corrected chi connectivity index (χ4v) is 0.880. The molecule has 0 saturated heterocycles. The van der Waals surface area contributed by atoms with Gasteiger partial charge in [0.05, 0.1) is 0 Å². The van der Waals surface area contributed by atoms with E-state index in [0.717, 1.165) is 5.56 Å². The molecule has 0 aliphatic carbocycles. The zero-order valence-corrected chi connectivity index (χ0v) is 7.06. The second-order valence-electron chi connectivity index (χ2n) is 2.40. The van der Waals surface area contributed by atoms with Gasteiger partial charge in [0, 0.05) is 6.54 Å². The number of amides is 1. The van der Waals surface area contributed by atoms with Crippen LogP contribution in [-0.4, -0.2) is 18.0 Å². The highest BCUT2D eigenvalue weighted by atomic mass is 16.6. The van der Waals surface area contributed by atoms with Crippen LogP contribution in [0.25, 0.3) is 0 Å². The Kier molecular flexibility index (Phi) is 3.78. The monoisotopic (exact) mass is 181 g/mol. The van der Waals surface area contributed by atoms with Crippen LogP contribution < -0.4 is 5.32 Å². The van der Waals surface area contributed by atoms with Gasteiger partial charge in [-0.1, -0.05) is 30.3 Å². The number of aliphatic hydroxyl groups is 1. The summed E-state index contributed by atoms with van der Waals surface area (Å²) in [6, 6.07) is 9.44. The summed E-state index contributed by atoms with van der Waals surface area (Å²) in [5.41, 5.74) is 0.984. The largest absolute Gasteiger partial charge is 0.423 e. The predicted molar refractivity (Wildman–Crippen MR) is 46.8 cm³/mol. The molecule has 2 N–H and O–H groups in total. The summed E-state index contributed by atoms with van der Waals surface area (Å²) >= 11 is 0. The van der Waals surface area contributed by atoms with Crippen LogP contribution in [0, 0.1) is 0 Å². The molecule has 70 valence electrons. The molecule has 0 fully saturated rings. The second kappa shape index (κ2) is 5.16. The lowest BCUT2D eigenvalue weighted by molar-refractivity contribution is 0.0441. The maximum Gasteiger partial charge on any atom is 0.409 e. The van der Waals surface area contributed by atoms with E-state index in [2.05, 4.69) is 10.1 Å². The first kappa shape index (κ1) is 9.54. The van der Waals surface area contributed by atoms with Crippen molar-refractivity contribution in [1.82, 2.24) is 5.32 Å². The molecule has 13 heavy (non-hydrogen) atoms. The van der Waals surface area contributed by atoms with Crippen LogP contribution in [0.1, 0.15) is 5.56 Å². The highest BCUT2D eigenvalue weighted by Gasteiger charge is 1.98. The minimum absolute atomic E-state index is 0.402. The average molecular weight is 181 g/mol. The molecule has 4 heteroatoms. The Morgan fingerprint density at radius 3 is 2.69 bits per heavy atom. The number of rotatable bonds is 3. The first-order chi connectivity index (χ1) is 6.33. The van der Waals surface area contributed by atoms with Crippen LogP contribution >= 0.6 is 0 Å². The number of hydrogen-bond donors (Lipinski definition) is 2. The van der Waals surface area contributed by atoms with E-state index in [1.54, 1.807) is 0 Å². The standard InChI is InChI=1S/C9H11NO3/c11-7-13-9(12)10-6-8-4-2-1-3-5-8/h1-5,11H,6-7H2,(H,10,12). The molecule has 0 heterocycles. The van der Waals surface area contributed by atoms with Crippen molar-refractivity contribution >= 4 is 6.09 Å². The molecular formula is C9H11NO3. The molecule has 4 nitrogen and oxygen atoms in total. The van der Waals surface area contributed by atoms with E-state index in [1.807, 2.05) is 30.3 Å². The first-order valence-electron chi connectivity index (χ1n) is 3.88. The molecular weight excluding hydrogens is 170 g/mol. The van der Waals surface area contributed by atoms with Crippen molar-refractivity contribution in [3.8, 4) is 0 Å². The van der Waals surface area contributed by atoms with Crippen molar-refractivity contribution < 1.29 is 14.6 Å². The van der Waals surface area contributed by atoms with Crippen LogP contribution in [0.2, 0.25) is 0 Å². The summed E-state index contributed by atoms with van der Waals surface area (Å²) in [4.78, 5) is 10.7. The lowest BCUT2D eigenvalue weighted by Crippen LogP contribution is -2.23. The quantitative estimate of drug-likeness (QED) is 0.680.